The Morgan fingerprint density at radius 2 is 1.59 bits per heavy atom. The fraction of sp³-hybridized carbons (Fsp3) is 0.700. The molecule has 0 aliphatic carbocycles. The predicted molar refractivity (Wildman–Crippen MR) is 112 cm³/mol. The summed E-state index contributed by atoms with van der Waals surface area (Å²) in [6.07, 6.45) is 6.15. The summed E-state index contributed by atoms with van der Waals surface area (Å²) < 4.78 is 10.3. The molecule has 2 N–H and O–H groups in total. The molecule has 0 bridgehead atoms. The molecule has 0 unspecified atom stereocenters. The zero-order chi connectivity index (χ0) is 19.9. The number of hydrogen-bond acceptors (Lipinski definition) is 6. The van der Waals surface area contributed by atoms with Gasteiger partial charge in [0.15, 0.2) is 0 Å². The van der Waals surface area contributed by atoms with Crippen LogP contribution in [-0.4, -0.2) is 55.7 Å². The first kappa shape index (κ1) is 27.8. The zero-order valence-corrected chi connectivity index (χ0v) is 18.1. The van der Waals surface area contributed by atoms with Crippen LogP contribution in [0.25, 0.3) is 0 Å². The highest BCUT2D eigenvalue weighted by Gasteiger charge is 2.11. The summed E-state index contributed by atoms with van der Waals surface area (Å²) in [5.74, 6) is -0.883. The van der Waals surface area contributed by atoms with Crippen LogP contribution >= 0.6 is 12.4 Å². The van der Waals surface area contributed by atoms with Gasteiger partial charge in [0.2, 0.25) is 0 Å². The van der Waals surface area contributed by atoms with E-state index in [-0.39, 0.29) is 19.0 Å². The largest absolute Gasteiger partial charge is 0.461 e. The third kappa shape index (κ3) is 14.4. The van der Waals surface area contributed by atoms with Crippen LogP contribution < -0.4 is 5.73 Å². The number of unbranched alkanes of at least 4 members (excludes halogenated alkanes) is 2. The molecule has 0 fully saturated rings. The maximum atomic E-state index is 12.0. The summed E-state index contributed by atoms with van der Waals surface area (Å²) in [5, 5.41) is 0. The highest BCUT2D eigenvalue weighted by atomic mass is 35.5. The number of ether oxygens (including phenoxy) is 2. The molecule has 0 aliphatic heterocycles. The summed E-state index contributed by atoms with van der Waals surface area (Å²) in [6, 6.07) is -0.559. The second kappa shape index (κ2) is 16.8. The van der Waals surface area contributed by atoms with E-state index in [2.05, 4.69) is 25.3 Å². The Labute approximate surface area is 170 Å². The Kier molecular flexibility index (Phi) is 17.3. The van der Waals surface area contributed by atoms with Gasteiger partial charge in [-0.15, -0.1) is 12.4 Å². The lowest BCUT2D eigenvalue weighted by Crippen LogP contribution is -2.31. The lowest BCUT2D eigenvalue weighted by molar-refractivity contribution is -0.139. The van der Waals surface area contributed by atoms with Crippen LogP contribution in [0.5, 0.6) is 0 Å². The van der Waals surface area contributed by atoms with E-state index >= 15 is 0 Å². The van der Waals surface area contributed by atoms with Gasteiger partial charge in [0.1, 0.15) is 13.2 Å². The van der Waals surface area contributed by atoms with Crippen molar-refractivity contribution in [3.63, 3.8) is 0 Å². The number of esters is 2. The highest BCUT2D eigenvalue weighted by molar-refractivity contribution is 5.88. The fourth-order valence-electron chi connectivity index (χ4n) is 2.21. The average Bonchev–Trinajstić information content (AvgIpc) is 2.60. The molecule has 0 aromatic heterocycles. The quantitative estimate of drug-likeness (QED) is 0.353. The number of hydrogen-bond donors (Lipinski definition) is 1. The molecule has 0 saturated carbocycles. The van der Waals surface area contributed by atoms with Crippen molar-refractivity contribution in [3.05, 3.63) is 23.8 Å². The number of rotatable bonds is 14. The molecule has 1 atom stereocenters. The fourth-order valence-corrected chi connectivity index (χ4v) is 2.21. The van der Waals surface area contributed by atoms with Crippen LogP contribution in [0.15, 0.2) is 23.8 Å². The number of carbonyl (C=O) groups excluding carboxylic acids is 2. The van der Waals surface area contributed by atoms with Gasteiger partial charge in [-0.1, -0.05) is 39.3 Å². The minimum Gasteiger partial charge on any atom is -0.461 e. The smallest absolute Gasteiger partial charge is 0.333 e. The van der Waals surface area contributed by atoms with Crippen molar-refractivity contribution in [2.45, 2.75) is 59.4 Å². The van der Waals surface area contributed by atoms with Crippen molar-refractivity contribution >= 4 is 24.3 Å². The van der Waals surface area contributed by atoms with Gasteiger partial charge in [0, 0.05) is 17.7 Å². The Hall–Kier alpha value is -1.37. The second-order valence-corrected chi connectivity index (χ2v) is 6.58. The third-order valence-corrected chi connectivity index (χ3v) is 3.84. The topological polar surface area (TPSA) is 81.9 Å². The van der Waals surface area contributed by atoms with Crippen molar-refractivity contribution < 1.29 is 19.1 Å². The molecule has 0 rings (SSSR count). The van der Waals surface area contributed by atoms with Gasteiger partial charge in [-0.25, -0.2) is 9.59 Å². The monoisotopic (exact) mass is 404 g/mol. The molecular weight excluding hydrogens is 368 g/mol. The molecule has 158 valence electrons. The minimum absolute atomic E-state index is 0. The summed E-state index contributed by atoms with van der Waals surface area (Å²) in [5.41, 5.74) is 6.58. The predicted octanol–water partition coefficient (Wildman–Crippen LogP) is 3.25. The summed E-state index contributed by atoms with van der Waals surface area (Å²) in [7, 11) is 0. The van der Waals surface area contributed by atoms with E-state index < -0.39 is 18.0 Å². The minimum atomic E-state index is -0.559. The molecule has 27 heavy (non-hydrogen) atoms. The molecule has 7 heteroatoms. The molecule has 6 nitrogen and oxygen atoms in total. The normalized spacial score (nSPS) is 12.3. The van der Waals surface area contributed by atoms with Crippen LogP contribution in [0.1, 0.15) is 53.4 Å². The van der Waals surface area contributed by atoms with Crippen molar-refractivity contribution in [3.8, 4) is 0 Å². The van der Waals surface area contributed by atoms with E-state index in [0.717, 1.165) is 45.3 Å². The molecule has 0 spiro atoms. The van der Waals surface area contributed by atoms with Crippen LogP contribution in [0.4, 0.5) is 0 Å². The second-order valence-electron chi connectivity index (χ2n) is 6.58. The Bertz CT molecular complexity index is 473. The lowest BCUT2D eigenvalue weighted by Gasteiger charge is -2.21. The van der Waals surface area contributed by atoms with Crippen molar-refractivity contribution in [1.29, 1.82) is 0 Å². The van der Waals surface area contributed by atoms with Gasteiger partial charge in [-0.3, -0.25) is 4.90 Å². The van der Waals surface area contributed by atoms with E-state index in [1.54, 1.807) is 19.9 Å². The highest BCUT2D eigenvalue weighted by Crippen LogP contribution is 2.03. The summed E-state index contributed by atoms with van der Waals surface area (Å²) in [4.78, 5) is 25.7. The Morgan fingerprint density at radius 1 is 1.04 bits per heavy atom. The number of nitrogens with two attached hydrogens (primary N) is 1. The van der Waals surface area contributed by atoms with Gasteiger partial charge >= 0.3 is 11.9 Å². The van der Waals surface area contributed by atoms with Gasteiger partial charge in [0.25, 0.3) is 0 Å². The van der Waals surface area contributed by atoms with E-state index in [4.69, 9.17) is 15.2 Å². The van der Waals surface area contributed by atoms with E-state index in [9.17, 15) is 9.59 Å². The Balaban J connectivity index is 0. The summed E-state index contributed by atoms with van der Waals surface area (Å²) in [6.45, 7) is 14.2. The van der Waals surface area contributed by atoms with Crippen LogP contribution in [0.3, 0.4) is 0 Å². The molecule has 0 heterocycles. The SMILES string of the molecule is C=C(C)C(=O)OC[C@H](N)C=C(C)C(=O)OCCN(CCCC)CCCC.Cl. The van der Waals surface area contributed by atoms with Crippen LogP contribution in [-0.2, 0) is 19.1 Å². The summed E-state index contributed by atoms with van der Waals surface area (Å²) >= 11 is 0. The van der Waals surface area contributed by atoms with Gasteiger partial charge in [0.05, 0.1) is 6.04 Å². The average molecular weight is 405 g/mol. The number of halogens is 1. The molecule has 0 aliphatic rings. The van der Waals surface area contributed by atoms with Gasteiger partial charge in [-0.2, -0.15) is 0 Å². The van der Waals surface area contributed by atoms with Crippen molar-refractivity contribution in [2.75, 3.05) is 32.8 Å². The van der Waals surface area contributed by atoms with Crippen LogP contribution in [0.2, 0.25) is 0 Å². The third-order valence-electron chi connectivity index (χ3n) is 3.84. The Morgan fingerprint density at radius 3 is 2.07 bits per heavy atom. The molecule has 0 aromatic carbocycles. The molecule has 0 aromatic rings. The van der Waals surface area contributed by atoms with Crippen molar-refractivity contribution in [2.24, 2.45) is 5.73 Å². The van der Waals surface area contributed by atoms with E-state index in [1.165, 1.54) is 0 Å². The van der Waals surface area contributed by atoms with E-state index in [1.807, 2.05) is 0 Å². The maximum Gasteiger partial charge on any atom is 0.333 e. The number of nitrogens with zero attached hydrogens (tertiary/aromatic N) is 1. The first-order valence-electron chi connectivity index (χ1n) is 9.47. The first-order chi connectivity index (χ1) is 12.3. The molecule has 0 amide bonds. The molecule has 0 radical (unpaired) electrons. The lowest BCUT2D eigenvalue weighted by atomic mass is 10.2. The first-order valence-corrected chi connectivity index (χ1v) is 9.47. The van der Waals surface area contributed by atoms with Crippen LogP contribution in [0, 0.1) is 0 Å². The maximum absolute atomic E-state index is 12.0. The molecule has 0 saturated heterocycles. The molecular formula is C20H37ClN2O4. The van der Waals surface area contributed by atoms with E-state index in [0.29, 0.717) is 17.8 Å². The van der Waals surface area contributed by atoms with Gasteiger partial charge < -0.3 is 15.2 Å². The zero-order valence-electron chi connectivity index (χ0n) is 17.3. The standard InChI is InChI=1S/C20H36N2O4.ClH/c1-6-8-10-22(11-9-7-2)12-13-25-20(24)17(5)14-18(21)15-26-19(23)16(3)4;/h14,18H,3,6-13,15,21H2,1-2,4-5H3;1H/t18-;/m1./s1. The van der Waals surface area contributed by atoms with Crippen molar-refractivity contribution in [1.82, 2.24) is 4.90 Å². The van der Waals surface area contributed by atoms with Gasteiger partial charge in [-0.05, 0) is 39.8 Å². The number of carbonyl (C=O) groups is 2.